The lowest BCUT2D eigenvalue weighted by molar-refractivity contribution is -0.130. The van der Waals surface area contributed by atoms with Crippen molar-refractivity contribution in [1.82, 2.24) is 0 Å². The summed E-state index contributed by atoms with van der Waals surface area (Å²) in [5, 5.41) is -0.551. The van der Waals surface area contributed by atoms with E-state index >= 15 is 0 Å². The first-order valence-corrected chi connectivity index (χ1v) is 3.42. The molecule has 0 aliphatic carbocycles. The molecule has 11 heavy (non-hydrogen) atoms. The lowest BCUT2D eigenvalue weighted by atomic mass is 9.94. The SMILES string of the molecule is CC1(C(=O)Cl)COC(=O)OC1. The van der Waals surface area contributed by atoms with E-state index in [2.05, 4.69) is 9.47 Å². The molecule has 0 N–H and O–H groups in total. The molecule has 1 heterocycles. The van der Waals surface area contributed by atoms with Crippen molar-refractivity contribution in [2.24, 2.45) is 5.41 Å². The van der Waals surface area contributed by atoms with Crippen molar-refractivity contribution in [2.45, 2.75) is 6.92 Å². The second kappa shape index (κ2) is 2.70. The number of rotatable bonds is 1. The number of carbonyl (C=O) groups excluding carboxylic acids is 2. The van der Waals surface area contributed by atoms with E-state index in [1.165, 1.54) is 0 Å². The maximum atomic E-state index is 10.7. The van der Waals surface area contributed by atoms with Gasteiger partial charge in [0.2, 0.25) is 5.24 Å². The van der Waals surface area contributed by atoms with Gasteiger partial charge in [-0.2, -0.15) is 0 Å². The first kappa shape index (κ1) is 8.33. The van der Waals surface area contributed by atoms with E-state index in [-0.39, 0.29) is 13.2 Å². The Morgan fingerprint density at radius 3 is 2.36 bits per heavy atom. The largest absolute Gasteiger partial charge is 0.508 e. The number of hydrogen-bond donors (Lipinski definition) is 0. The van der Waals surface area contributed by atoms with Crippen LogP contribution in [-0.2, 0) is 14.3 Å². The second-order valence-corrected chi connectivity index (χ2v) is 3.01. The molecule has 0 unspecified atom stereocenters. The highest BCUT2D eigenvalue weighted by Crippen LogP contribution is 2.24. The topological polar surface area (TPSA) is 52.6 Å². The summed E-state index contributed by atoms with van der Waals surface area (Å²) in [6.45, 7) is 1.57. The van der Waals surface area contributed by atoms with E-state index in [1.807, 2.05) is 0 Å². The van der Waals surface area contributed by atoms with Gasteiger partial charge in [0.05, 0.1) is 0 Å². The van der Waals surface area contributed by atoms with Gasteiger partial charge in [-0.25, -0.2) is 4.79 Å². The van der Waals surface area contributed by atoms with Crippen LogP contribution in [0.1, 0.15) is 6.92 Å². The molecule has 0 radical (unpaired) electrons. The minimum Gasteiger partial charge on any atom is -0.433 e. The zero-order valence-corrected chi connectivity index (χ0v) is 6.68. The van der Waals surface area contributed by atoms with Crippen LogP contribution in [0, 0.1) is 5.41 Å². The minimum atomic E-state index is -0.879. The third-order valence-electron chi connectivity index (χ3n) is 1.49. The van der Waals surface area contributed by atoms with E-state index in [1.54, 1.807) is 6.92 Å². The molecule has 4 nitrogen and oxygen atoms in total. The van der Waals surface area contributed by atoms with Gasteiger partial charge in [-0.1, -0.05) is 0 Å². The fourth-order valence-corrected chi connectivity index (χ4v) is 0.742. The van der Waals surface area contributed by atoms with Gasteiger partial charge in [0.25, 0.3) is 0 Å². The predicted octanol–water partition coefficient (Wildman–Crippen LogP) is 0.925. The molecule has 0 atom stereocenters. The third kappa shape index (κ3) is 1.63. The molecule has 1 saturated heterocycles. The smallest absolute Gasteiger partial charge is 0.433 e. The maximum absolute atomic E-state index is 10.7. The van der Waals surface area contributed by atoms with E-state index in [0.717, 1.165) is 0 Å². The number of halogens is 1. The Hall–Kier alpha value is -0.770. The quantitative estimate of drug-likeness (QED) is 0.443. The van der Waals surface area contributed by atoms with Gasteiger partial charge < -0.3 is 9.47 Å². The molecule has 0 aromatic carbocycles. The molecule has 0 saturated carbocycles. The minimum absolute atomic E-state index is 0.00579. The number of hydrogen-bond acceptors (Lipinski definition) is 4. The molecule has 1 aliphatic rings. The van der Waals surface area contributed by atoms with Crippen LogP contribution >= 0.6 is 11.6 Å². The Bertz CT molecular complexity index is 191. The van der Waals surface area contributed by atoms with Crippen LogP contribution in [0.4, 0.5) is 4.79 Å². The Morgan fingerprint density at radius 2 is 2.00 bits per heavy atom. The summed E-state index contributed by atoms with van der Waals surface area (Å²) in [5.41, 5.74) is -0.879. The molecule has 0 aromatic heterocycles. The summed E-state index contributed by atoms with van der Waals surface area (Å²) in [7, 11) is 0. The highest BCUT2D eigenvalue weighted by atomic mass is 35.5. The van der Waals surface area contributed by atoms with Crippen molar-refractivity contribution in [3.63, 3.8) is 0 Å². The van der Waals surface area contributed by atoms with Gasteiger partial charge in [0.1, 0.15) is 18.6 Å². The van der Waals surface area contributed by atoms with Gasteiger partial charge in [0, 0.05) is 0 Å². The lowest BCUT2D eigenvalue weighted by Gasteiger charge is -2.28. The first-order valence-electron chi connectivity index (χ1n) is 3.04. The summed E-state index contributed by atoms with van der Waals surface area (Å²) < 4.78 is 8.98. The van der Waals surface area contributed by atoms with Crippen LogP contribution in [0.3, 0.4) is 0 Å². The molecule has 5 heteroatoms. The van der Waals surface area contributed by atoms with E-state index in [0.29, 0.717) is 0 Å². The molecule has 0 amide bonds. The zero-order valence-electron chi connectivity index (χ0n) is 5.93. The van der Waals surface area contributed by atoms with Crippen LogP contribution in [-0.4, -0.2) is 24.6 Å². The van der Waals surface area contributed by atoms with Crippen molar-refractivity contribution in [1.29, 1.82) is 0 Å². The Balaban J connectivity index is 2.62. The first-order chi connectivity index (χ1) is 5.04. The Kier molecular flexibility index (Phi) is 2.04. The molecule has 0 aromatic rings. The zero-order chi connectivity index (χ0) is 8.48. The number of ether oxygens (including phenoxy) is 2. The van der Waals surface area contributed by atoms with Gasteiger partial charge in [-0.3, -0.25) is 4.79 Å². The normalized spacial score (nSPS) is 21.8. The molecule has 1 fully saturated rings. The molecule has 1 rings (SSSR count). The molecule has 0 bridgehead atoms. The van der Waals surface area contributed by atoms with Crippen LogP contribution in [0.2, 0.25) is 0 Å². The van der Waals surface area contributed by atoms with E-state index in [4.69, 9.17) is 11.6 Å². The number of carbonyl (C=O) groups is 2. The van der Waals surface area contributed by atoms with Crippen molar-refractivity contribution in [3.8, 4) is 0 Å². The van der Waals surface area contributed by atoms with Gasteiger partial charge in [-0.15, -0.1) is 0 Å². The predicted molar refractivity (Wildman–Crippen MR) is 36.3 cm³/mol. The van der Waals surface area contributed by atoms with Crippen molar-refractivity contribution < 1.29 is 19.1 Å². The summed E-state index contributed by atoms with van der Waals surface area (Å²) in [5.74, 6) is 0. The average Bonchev–Trinajstić information content (AvgIpc) is 1.95. The Morgan fingerprint density at radius 1 is 1.55 bits per heavy atom. The maximum Gasteiger partial charge on any atom is 0.508 e. The van der Waals surface area contributed by atoms with Crippen molar-refractivity contribution >= 4 is 23.0 Å². The highest BCUT2D eigenvalue weighted by Gasteiger charge is 2.39. The monoisotopic (exact) mass is 178 g/mol. The summed E-state index contributed by atoms with van der Waals surface area (Å²) >= 11 is 5.24. The van der Waals surface area contributed by atoms with Crippen LogP contribution < -0.4 is 0 Å². The van der Waals surface area contributed by atoms with Crippen molar-refractivity contribution in [2.75, 3.05) is 13.2 Å². The standard InChI is InChI=1S/C6H7ClO4/c1-6(4(7)8)2-10-5(9)11-3-6/h2-3H2,1H3. The van der Waals surface area contributed by atoms with Gasteiger partial charge >= 0.3 is 6.16 Å². The molecular formula is C6H7ClO4. The highest BCUT2D eigenvalue weighted by molar-refractivity contribution is 6.64. The fraction of sp³-hybridized carbons (Fsp3) is 0.667. The second-order valence-electron chi connectivity index (χ2n) is 2.66. The van der Waals surface area contributed by atoms with Gasteiger partial charge in [-0.05, 0) is 18.5 Å². The molecule has 0 spiro atoms. The Labute approximate surface area is 68.4 Å². The summed E-state index contributed by atoms with van der Waals surface area (Å²) in [4.78, 5) is 21.1. The summed E-state index contributed by atoms with van der Waals surface area (Å²) in [6, 6.07) is 0. The van der Waals surface area contributed by atoms with E-state index in [9.17, 15) is 9.59 Å². The van der Waals surface area contributed by atoms with Crippen LogP contribution in [0.15, 0.2) is 0 Å². The number of cyclic esters (lactones) is 2. The molecule has 1 aliphatic heterocycles. The molecular weight excluding hydrogens is 172 g/mol. The van der Waals surface area contributed by atoms with Crippen LogP contribution in [0.5, 0.6) is 0 Å². The summed E-state index contributed by atoms with van der Waals surface area (Å²) in [6.07, 6.45) is -0.750. The third-order valence-corrected chi connectivity index (χ3v) is 1.95. The van der Waals surface area contributed by atoms with E-state index < -0.39 is 16.8 Å². The van der Waals surface area contributed by atoms with Gasteiger partial charge in [0.15, 0.2) is 0 Å². The fourth-order valence-electron chi connectivity index (χ4n) is 0.633. The molecule has 62 valence electrons. The lowest BCUT2D eigenvalue weighted by Crippen LogP contribution is -2.41. The average molecular weight is 179 g/mol. The van der Waals surface area contributed by atoms with Crippen molar-refractivity contribution in [3.05, 3.63) is 0 Å². The van der Waals surface area contributed by atoms with Crippen LogP contribution in [0.25, 0.3) is 0 Å².